The normalized spacial score (nSPS) is 10.3. The molecule has 19 heavy (non-hydrogen) atoms. The van der Waals surface area contributed by atoms with Crippen LogP contribution in [-0.2, 0) is 4.79 Å². The van der Waals surface area contributed by atoms with E-state index in [-0.39, 0.29) is 13.0 Å². The van der Waals surface area contributed by atoms with Gasteiger partial charge in [0.25, 0.3) is 0 Å². The molecule has 0 aromatic heterocycles. The number of rotatable bonds is 5. The molecule has 0 saturated carbocycles. The minimum Gasteiger partial charge on any atom is -0.322 e. The van der Waals surface area contributed by atoms with Gasteiger partial charge in [-0.25, -0.2) is 13.2 Å². The highest BCUT2D eigenvalue weighted by atomic mass is 19.2. The topological polar surface area (TPSA) is 56.1 Å². The Morgan fingerprint density at radius 3 is 2.68 bits per heavy atom. The van der Waals surface area contributed by atoms with Crippen molar-refractivity contribution < 1.29 is 18.0 Å². The number of halogens is 3. The summed E-state index contributed by atoms with van der Waals surface area (Å²) < 4.78 is 38.9. The fourth-order valence-electron chi connectivity index (χ4n) is 1.38. The van der Waals surface area contributed by atoms with Gasteiger partial charge in [0.1, 0.15) is 0 Å². The summed E-state index contributed by atoms with van der Waals surface area (Å²) in [6, 6.07) is 3.59. The first-order valence-corrected chi connectivity index (χ1v) is 5.44. The van der Waals surface area contributed by atoms with E-state index < -0.39 is 29.0 Å². The minimum atomic E-state index is -1.63. The second kappa shape index (κ2) is 6.75. The average molecular weight is 271 g/mol. The van der Waals surface area contributed by atoms with E-state index in [1.54, 1.807) is 11.9 Å². The molecule has 0 heterocycles. The van der Waals surface area contributed by atoms with Crippen molar-refractivity contribution in [3.63, 3.8) is 0 Å². The van der Waals surface area contributed by atoms with E-state index in [9.17, 15) is 18.0 Å². The van der Waals surface area contributed by atoms with E-state index in [0.29, 0.717) is 6.54 Å². The van der Waals surface area contributed by atoms with Crippen LogP contribution in [0.3, 0.4) is 0 Å². The van der Waals surface area contributed by atoms with Crippen molar-refractivity contribution in [1.82, 2.24) is 4.90 Å². The van der Waals surface area contributed by atoms with Gasteiger partial charge in [0.2, 0.25) is 5.91 Å². The number of nitrogens with one attached hydrogen (secondary N) is 1. The van der Waals surface area contributed by atoms with Gasteiger partial charge >= 0.3 is 0 Å². The van der Waals surface area contributed by atoms with E-state index in [1.165, 1.54) is 0 Å². The number of hydrogen-bond donors (Lipinski definition) is 1. The van der Waals surface area contributed by atoms with Gasteiger partial charge in [-0.15, -0.1) is 0 Å². The van der Waals surface area contributed by atoms with Crippen LogP contribution in [0.15, 0.2) is 12.1 Å². The molecule has 102 valence electrons. The molecule has 0 radical (unpaired) electrons. The number of carbonyl (C=O) groups excluding carboxylic acids is 1. The summed E-state index contributed by atoms with van der Waals surface area (Å²) in [5.74, 6) is -4.96. The maximum absolute atomic E-state index is 13.3. The number of benzene rings is 1. The molecule has 0 saturated heterocycles. The zero-order valence-corrected chi connectivity index (χ0v) is 10.2. The second-order valence-corrected chi connectivity index (χ2v) is 3.92. The fraction of sp³-hybridized carbons (Fsp3) is 0.333. The Bertz CT molecular complexity index is 514. The molecule has 0 atom stereocenters. The van der Waals surface area contributed by atoms with Gasteiger partial charge in [0, 0.05) is 13.0 Å². The molecule has 7 heteroatoms. The van der Waals surface area contributed by atoms with Crippen LogP contribution in [0.1, 0.15) is 6.42 Å². The first-order valence-electron chi connectivity index (χ1n) is 5.44. The Morgan fingerprint density at radius 1 is 1.37 bits per heavy atom. The predicted octanol–water partition coefficient (Wildman–Crippen LogP) is 1.89. The van der Waals surface area contributed by atoms with E-state index in [1.807, 2.05) is 6.07 Å². The van der Waals surface area contributed by atoms with Crippen molar-refractivity contribution in [2.24, 2.45) is 0 Å². The molecule has 1 rings (SSSR count). The monoisotopic (exact) mass is 271 g/mol. The smallest absolute Gasteiger partial charge is 0.238 e. The van der Waals surface area contributed by atoms with Crippen molar-refractivity contribution in [3.8, 4) is 6.07 Å². The number of carbonyl (C=O) groups is 1. The van der Waals surface area contributed by atoms with Gasteiger partial charge in [0.15, 0.2) is 17.5 Å². The van der Waals surface area contributed by atoms with E-state index >= 15 is 0 Å². The zero-order chi connectivity index (χ0) is 14.4. The van der Waals surface area contributed by atoms with Crippen molar-refractivity contribution in [1.29, 1.82) is 5.26 Å². The van der Waals surface area contributed by atoms with Crippen LogP contribution < -0.4 is 5.32 Å². The molecule has 0 aliphatic rings. The summed E-state index contributed by atoms with van der Waals surface area (Å²) in [4.78, 5) is 13.1. The van der Waals surface area contributed by atoms with E-state index in [4.69, 9.17) is 5.26 Å². The summed E-state index contributed by atoms with van der Waals surface area (Å²) in [6.45, 7) is 0.296. The molecule has 0 fully saturated rings. The fourth-order valence-corrected chi connectivity index (χ4v) is 1.38. The Hall–Kier alpha value is -2.07. The molecule has 1 aromatic rings. The predicted molar refractivity (Wildman–Crippen MR) is 62.7 cm³/mol. The highest BCUT2D eigenvalue weighted by Gasteiger charge is 2.15. The molecule has 1 aromatic carbocycles. The third kappa shape index (κ3) is 4.26. The highest BCUT2D eigenvalue weighted by molar-refractivity contribution is 5.92. The van der Waals surface area contributed by atoms with Crippen LogP contribution in [-0.4, -0.2) is 30.9 Å². The van der Waals surface area contributed by atoms with Gasteiger partial charge < -0.3 is 5.32 Å². The molecular weight excluding hydrogens is 259 g/mol. The van der Waals surface area contributed by atoms with Crippen molar-refractivity contribution >= 4 is 11.6 Å². The van der Waals surface area contributed by atoms with Crippen LogP contribution in [0.4, 0.5) is 18.9 Å². The first-order chi connectivity index (χ1) is 8.95. The quantitative estimate of drug-likeness (QED) is 0.832. The zero-order valence-electron chi connectivity index (χ0n) is 10.2. The standard InChI is InChI=1S/C12H12F3N3O/c1-18(6-2-5-16)7-10(19)17-9-4-3-8(13)11(14)12(9)15/h3-4H,2,6-7H2,1H3,(H,17,19). The Balaban J connectivity index is 2.63. The lowest BCUT2D eigenvalue weighted by Gasteiger charge is -2.14. The van der Waals surface area contributed by atoms with Crippen LogP contribution in [0.5, 0.6) is 0 Å². The highest BCUT2D eigenvalue weighted by Crippen LogP contribution is 2.19. The molecule has 1 amide bonds. The number of anilines is 1. The molecule has 0 spiro atoms. The lowest BCUT2D eigenvalue weighted by molar-refractivity contribution is -0.117. The molecule has 0 aliphatic heterocycles. The van der Waals surface area contributed by atoms with Crippen molar-refractivity contribution in [3.05, 3.63) is 29.6 Å². The first kappa shape index (κ1) is 15.0. The van der Waals surface area contributed by atoms with Crippen LogP contribution >= 0.6 is 0 Å². The minimum absolute atomic E-state index is 0.0832. The van der Waals surface area contributed by atoms with Crippen molar-refractivity contribution in [2.45, 2.75) is 6.42 Å². The van der Waals surface area contributed by atoms with Crippen LogP contribution in [0.25, 0.3) is 0 Å². The lowest BCUT2D eigenvalue weighted by atomic mass is 10.2. The number of likely N-dealkylation sites (N-methyl/N-ethyl adjacent to an activating group) is 1. The van der Waals surface area contributed by atoms with Gasteiger partial charge in [-0.1, -0.05) is 0 Å². The van der Waals surface area contributed by atoms with Crippen molar-refractivity contribution in [2.75, 3.05) is 25.5 Å². The van der Waals surface area contributed by atoms with Gasteiger partial charge in [-0.2, -0.15) is 5.26 Å². The number of hydrogen-bond acceptors (Lipinski definition) is 3. The number of nitriles is 1. The lowest BCUT2D eigenvalue weighted by Crippen LogP contribution is -2.31. The van der Waals surface area contributed by atoms with Crippen LogP contribution in [0.2, 0.25) is 0 Å². The third-order valence-electron chi connectivity index (χ3n) is 2.33. The summed E-state index contributed by atoms with van der Waals surface area (Å²) in [6.07, 6.45) is 0.253. The second-order valence-electron chi connectivity index (χ2n) is 3.92. The molecule has 0 unspecified atom stereocenters. The SMILES string of the molecule is CN(CCC#N)CC(=O)Nc1ccc(F)c(F)c1F. The number of nitrogens with zero attached hydrogens (tertiary/aromatic N) is 2. The molecule has 0 bridgehead atoms. The molecule has 1 N–H and O–H groups in total. The van der Waals surface area contributed by atoms with Gasteiger partial charge in [-0.05, 0) is 19.2 Å². The molecule has 0 aliphatic carbocycles. The maximum atomic E-state index is 13.3. The van der Waals surface area contributed by atoms with Gasteiger partial charge in [0.05, 0.1) is 18.3 Å². The summed E-state index contributed by atoms with van der Waals surface area (Å²) in [7, 11) is 1.61. The summed E-state index contributed by atoms with van der Waals surface area (Å²) in [5, 5.41) is 10.5. The number of amides is 1. The summed E-state index contributed by atoms with van der Waals surface area (Å²) >= 11 is 0. The Labute approximate surface area is 108 Å². The molecular formula is C12H12F3N3O. The Morgan fingerprint density at radius 2 is 2.05 bits per heavy atom. The molecule has 4 nitrogen and oxygen atoms in total. The average Bonchev–Trinajstić information content (AvgIpc) is 2.37. The Kier molecular flexibility index (Phi) is 5.33. The van der Waals surface area contributed by atoms with Gasteiger partial charge in [-0.3, -0.25) is 9.69 Å². The maximum Gasteiger partial charge on any atom is 0.238 e. The third-order valence-corrected chi connectivity index (χ3v) is 2.33. The van der Waals surface area contributed by atoms with E-state index in [0.717, 1.165) is 12.1 Å². The summed E-state index contributed by atoms with van der Waals surface area (Å²) in [5.41, 5.74) is -0.419. The van der Waals surface area contributed by atoms with E-state index in [2.05, 4.69) is 5.32 Å². The van der Waals surface area contributed by atoms with Crippen LogP contribution in [0, 0.1) is 28.8 Å². The largest absolute Gasteiger partial charge is 0.322 e.